The van der Waals surface area contributed by atoms with Gasteiger partial charge in [-0.1, -0.05) is 18.9 Å². The minimum Gasteiger partial charge on any atom is -0.350 e. The summed E-state index contributed by atoms with van der Waals surface area (Å²) in [5.74, 6) is 1.38. The quantitative estimate of drug-likeness (QED) is 0.665. The third kappa shape index (κ3) is 3.75. The summed E-state index contributed by atoms with van der Waals surface area (Å²) >= 11 is 0. The maximum absolute atomic E-state index is 6.21. The van der Waals surface area contributed by atoms with Crippen molar-refractivity contribution < 1.29 is 0 Å². The van der Waals surface area contributed by atoms with E-state index in [1.807, 2.05) is 31.2 Å². The highest BCUT2D eigenvalue weighted by molar-refractivity contribution is 5.83. The van der Waals surface area contributed by atoms with Crippen molar-refractivity contribution in [2.24, 2.45) is 5.73 Å². The van der Waals surface area contributed by atoms with Crippen LogP contribution in [0.2, 0.25) is 0 Å². The number of nitrogens with one attached hydrogen (secondary N) is 2. The zero-order valence-electron chi connectivity index (χ0n) is 14.9. The number of pyridine rings is 1. The Labute approximate surface area is 153 Å². The molecule has 4 N–H and O–H groups in total. The van der Waals surface area contributed by atoms with Crippen molar-refractivity contribution >= 4 is 28.4 Å². The van der Waals surface area contributed by atoms with Crippen molar-refractivity contribution in [1.82, 2.24) is 15.0 Å². The van der Waals surface area contributed by atoms with Crippen LogP contribution in [0.25, 0.3) is 10.9 Å². The van der Waals surface area contributed by atoms with E-state index in [0.717, 1.165) is 40.9 Å². The summed E-state index contributed by atoms with van der Waals surface area (Å²) in [5.41, 5.74) is 9.20. The molecule has 0 spiro atoms. The van der Waals surface area contributed by atoms with Gasteiger partial charge in [-0.25, -0.2) is 4.98 Å². The summed E-state index contributed by atoms with van der Waals surface area (Å²) in [6.45, 7) is 2.00. The van der Waals surface area contributed by atoms with Crippen LogP contribution >= 0.6 is 0 Å². The number of anilines is 3. The van der Waals surface area contributed by atoms with Gasteiger partial charge < -0.3 is 16.4 Å². The second-order valence-corrected chi connectivity index (χ2v) is 6.95. The number of aryl methyl sites for hydroxylation is 1. The smallest absolute Gasteiger partial charge is 0.224 e. The van der Waals surface area contributed by atoms with Crippen LogP contribution in [0, 0.1) is 6.92 Å². The Morgan fingerprint density at radius 2 is 1.92 bits per heavy atom. The molecule has 2 heterocycles. The van der Waals surface area contributed by atoms with Crippen LogP contribution in [0.3, 0.4) is 0 Å². The molecule has 1 aliphatic carbocycles. The third-order valence-corrected chi connectivity index (χ3v) is 4.89. The molecule has 1 aliphatic rings. The van der Waals surface area contributed by atoms with Crippen LogP contribution in [0.15, 0.2) is 42.6 Å². The van der Waals surface area contributed by atoms with Gasteiger partial charge in [0, 0.05) is 35.0 Å². The average Bonchev–Trinajstić information content (AvgIpc) is 2.64. The molecule has 3 aromatic rings. The van der Waals surface area contributed by atoms with Gasteiger partial charge in [0.1, 0.15) is 5.82 Å². The van der Waals surface area contributed by atoms with Crippen LogP contribution in [-0.2, 0) is 0 Å². The molecule has 0 saturated heterocycles. The van der Waals surface area contributed by atoms with Crippen molar-refractivity contribution in [2.45, 2.75) is 44.7 Å². The van der Waals surface area contributed by atoms with E-state index in [1.54, 1.807) is 6.20 Å². The molecular formula is C20H24N6. The first-order chi connectivity index (χ1) is 12.7. The molecule has 4 rings (SSSR count). The van der Waals surface area contributed by atoms with E-state index in [1.165, 1.54) is 12.8 Å². The van der Waals surface area contributed by atoms with E-state index in [4.69, 9.17) is 5.73 Å². The summed E-state index contributed by atoms with van der Waals surface area (Å²) in [7, 11) is 0. The lowest BCUT2D eigenvalue weighted by molar-refractivity contribution is 0.402. The van der Waals surface area contributed by atoms with Crippen LogP contribution in [0.1, 0.15) is 31.4 Å². The summed E-state index contributed by atoms with van der Waals surface area (Å²) < 4.78 is 0. The number of nitrogens with zero attached hydrogens (tertiary/aromatic N) is 3. The van der Waals surface area contributed by atoms with Gasteiger partial charge in [0.25, 0.3) is 0 Å². The topological polar surface area (TPSA) is 88.8 Å². The van der Waals surface area contributed by atoms with E-state index >= 15 is 0 Å². The SMILES string of the molecule is Cc1ccc2cc(Nc3ccnc(N[C@@H]4CCCC[C@@H]4N)n3)ccc2n1. The highest BCUT2D eigenvalue weighted by Crippen LogP contribution is 2.23. The first-order valence-electron chi connectivity index (χ1n) is 9.17. The van der Waals surface area contributed by atoms with Crippen LogP contribution in [-0.4, -0.2) is 27.0 Å². The lowest BCUT2D eigenvalue weighted by Gasteiger charge is -2.29. The molecular weight excluding hydrogens is 324 g/mol. The minimum atomic E-state index is 0.167. The molecule has 26 heavy (non-hydrogen) atoms. The van der Waals surface area contributed by atoms with Gasteiger partial charge in [-0.15, -0.1) is 0 Å². The van der Waals surface area contributed by atoms with Gasteiger partial charge in [-0.05, 0) is 50.1 Å². The Balaban J connectivity index is 1.50. The molecule has 2 atom stereocenters. The van der Waals surface area contributed by atoms with Crippen molar-refractivity contribution in [3.05, 3.63) is 48.3 Å². The van der Waals surface area contributed by atoms with Crippen molar-refractivity contribution in [3.63, 3.8) is 0 Å². The van der Waals surface area contributed by atoms with Gasteiger partial charge in [-0.3, -0.25) is 4.98 Å². The van der Waals surface area contributed by atoms with Crippen LogP contribution in [0.5, 0.6) is 0 Å². The summed E-state index contributed by atoms with van der Waals surface area (Å²) in [6.07, 6.45) is 6.30. The maximum Gasteiger partial charge on any atom is 0.224 e. The molecule has 0 radical (unpaired) electrons. The van der Waals surface area contributed by atoms with Crippen molar-refractivity contribution in [2.75, 3.05) is 10.6 Å². The number of rotatable bonds is 4. The Morgan fingerprint density at radius 3 is 2.81 bits per heavy atom. The number of nitrogens with two attached hydrogens (primary N) is 1. The first-order valence-corrected chi connectivity index (χ1v) is 9.17. The standard InChI is InChI=1S/C20H24N6/c1-13-6-7-14-12-15(8-9-17(14)23-13)24-19-10-11-22-20(26-19)25-18-5-3-2-4-16(18)21/h6-12,16,18H,2-5,21H2,1H3,(H2,22,24,25,26)/t16-,18+/m0/s1. The number of hydrogen-bond donors (Lipinski definition) is 3. The Bertz CT molecular complexity index is 910. The number of fused-ring (bicyclic) bond motifs is 1. The number of benzene rings is 1. The van der Waals surface area contributed by atoms with Gasteiger partial charge in [0.05, 0.1) is 5.52 Å². The summed E-state index contributed by atoms with van der Waals surface area (Å²) in [5, 5.41) is 7.84. The van der Waals surface area contributed by atoms with Gasteiger partial charge in [0.15, 0.2) is 0 Å². The highest BCUT2D eigenvalue weighted by atomic mass is 15.2. The fourth-order valence-electron chi connectivity index (χ4n) is 3.46. The predicted molar refractivity (Wildman–Crippen MR) is 106 cm³/mol. The van der Waals surface area contributed by atoms with Crippen molar-refractivity contribution in [3.8, 4) is 0 Å². The third-order valence-electron chi connectivity index (χ3n) is 4.89. The first kappa shape index (κ1) is 16.7. The monoisotopic (exact) mass is 348 g/mol. The lowest BCUT2D eigenvalue weighted by atomic mass is 9.91. The molecule has 1 aromatic carbocycles. The second-order valence-electron chi connectivity index (χ2n) is 6.95. The van der Waals surface area contributed by atoms with E-state index in [0.29, 0.717) is 5.95 Å². The molecule has 0 amide bonds. The molecule has 0 unspecified atom stereocenters. The normalized spacial score (nSPS) is 20.1. The largest absolute Gasteiger partial charge is 0.350 e. The molecule has 6 nitrogen and oxygen atoms in total. The fraction of sp³-hybridized carbons (Fsp3) is 0.350. The van der Waals surface area contributed by atoms with E-state index in [9.17, 15) is 0 Å². The second kappa shape index (κ2) is 7.25. The van der Waals surface area contributed by atoms with Gasteiger partial charge in [-0.2, -0.15) is 4.98 Å². The zero-order chi connectivity index (χ0) is 17.9. The van der Waals surface area contributed by atoms with E-state index in [2.05, 4.69) is 37.7 Å². The van der Waals surface area contributed by atoms with E-state index in [-0.39, 0.29) is 12.1 Å². The lowest BCUT2D eigenvalue weighted by Crippen LogP contribution is -2.42. The minimum absolute atomic E-state index is 0.167. The zero-order valence-corrected chi connectivity index (χ0v) is 14.9. The van der Waals surface area contributed by atoms with Crippen LogP contribution in [0.4, 0.5) is 17.5 Å². The average molecular weight is 348 g/mol. The predicted octanol–water partition coefficient (Wildman–Crippen LogP) is 3.76. The summed E-state index contributed by atoms with van der Waals surface area (Å²) in [4.78, 5) is 13.5. The van der Waals surface area contributed by atoms with E-state index < -0.39 is 0 Å². The Kier molecular flexibility index (Phi) is 4.67. The molecule has 0 bridgehead atoms. The van der Waals surface area contributed by atoms with Gasteiger partial charge >= 0.3 is 0 Å². The number of hydrogen-bond acceptors (Lipinski definition) is 6. The highest BCUT2D eigenvalue weighted by Gasteiger charge is 2.22. The Morgan fingerprint density at radius 1 is 1.04 bits per heavy atom. The molecule has 134 valence electrons. The fourth-order valence-corrected chi connectivity index (χ4v) is 3.46. The van der Waals surface area contributed by atoms with Gasteiger partial charge in [0.2, 0.25) is 5.95 Å². The van der Waals surface area contributed by atoms with Crippen LogP contribution < -0.4 is 16.4 Å². The molecule has 6 heteroatoms. The molecule has 1 fully saturated rings. The summed E-state index contributed by atoms with van der Waals surface area (Å²) in [6, 6.07) is 12.5. The molecule has 1 saturated carbocycles. The molecule has 0 aliphatic heterocycles. The molecule has 2 aromatic heterocycles. The number of aromatic nitrogens is 3. The maximum atomic E-state index is 6.21. The Hall–Kier alpha value is -2.73. The van der Waals surface area contributed by atoms with Crippen molar-refractivity contribution in [1.29, 1.82) is 0 Å².